The first-order chi connectivity index (χ1) is 6.72. The Bertz CT molecular complexity index is 369. The van der Waals surface area contributed by atoms with E-state index in [9.17, 15) is 4.79 Å². The number of carbonyl (C=O) groups excluding carboxylic acids is 1. The number of aryl methyl sites for hydroxylation is 1. The lowest BCUT2D eigenvalue weighted by molar-refractivity contribution is -0.145. The molecule has 14 heavy (non-hydrogen) atoms. The van der Waals surface area contributed by atoms with Gasteiger partial charge in [-0.1, -0.05) is 18.2 Å². The summed E-state index contributed by atoms with van der Waals surface area (Å²) in [5, 5.41) is 0. The first-order valence-corrected chi connectivity index (χ1v) is 4.87. The molecule has 0 aliphatic heterocycles. The van der Waals surface area contributed by atoms with Crippen molar-refractivity contribution in [3.05, 3.63) is 34.9 Å². The fourth-order valence-electron chi connectivity index (χ4n) is 2.16. The Labute approximate surface area is 83.9 Å². The molecule has 0 bridgehead atoms. The third kappa shape index (κ3) is 1.41. The van der Waals surface area contributed by atoms with Gasteiger partial charge >= 0.3 is 5.97 Å². The van der Waals surface area contributed by atoms with Crippen molar-refractivity contribution in [1.29, 1.82) is 0 Å². The maximum absolute atomic E-state index is 11.4. The highest BCUT2D eigenvalue weighted by molar-refractivity contribution is 5.74. The zero-order chi connectivity index (χ0) is 10.1. The van der Waals surface area contributed by atoms with Crippen LogP contribution in [0.25, 0.3) is 0 Å². The molecule has 2 rings (SSSR count). The van der Waals surface area contributed by atoms with Crippen molar-refractivity contribution in [2.75, 3.05) is 7.11 Å². The zero-order valence-electron chi connectivity index (χ0n) is 8.54. The molecule has 1 aromatic rings. The van der Waals surface area contributed by atoms with Gasteiger partial charge in [-0.05, 0) is 36.5 Å². The molecule has 1 aromatic carbocycles. The van der Waals surface area contributed by atoms with E-state index in [1.807, 2.05) is 6.07 Å². The number of benzene rings is 1. The predicted molar refractivity (Wildman–Crippen MR) is 54.1 cm³/mol. The minimum Gasteiger partial charge on any atom is -0.469 e. The van der Waals surface area contributed by atoms with E-state index in [4.69, 9.17) is 4.74 Å². The molecule has 1 atom stereocenters. The summed E-state index contributed by atoms with van der Waals surface area (Å²) >= 11 is 0. The minimum atomic E-state index is -0.0828. The molecule has 0 amide bonds. The number of rotatable bonds is 1. The molecular formula is C12H14O2. The number of fused-ring (bicyclic) bond motifs is 1. The molecule has 74 valence electrons. The lowest BCUT2D eigenvalue weighted by atomic mass is 10.0. The van der Waals surface area contributed by atoms with Crippen LogP contribution in [-0.4, -0.2) is 13.1 Å². The second-order valence-corrected chi connectivity index (χ2v) is 3.84. The van der Waals surface area contributed by atoms with Crippen LogP contribution in [0.4, 0.5) is 0 Å². The maximum Gasteiger partial charge on any atom is 0.309 e. The molecule has 0 spiro atoms. The molecule has 1 aliphatic carbocycles. The fraction of sp³-hybridized carbons (Fsp3) is 0.417. The summed E-state index contributed by atoms with van der Waals surface area (Å²) in [5.41, 5.74) is 3.93. The van der Waals surface area contributed by atoms with Crippen LogP contribution in [-0.2, 0) is 22.4 Å². The molecule has 0 radical (unpaired) electrons. The van der Waals surface area contributed by atoms with Gasteiger partial charge in [0.15, 0.2) is 0 Å². The minimum absolute atomic E-state index is 0.0381. The average Bonchev–Trinajstić information content (AvgIpc) is 2.62. The Hall–Kier alpha value is -1.31. The van der Waals surface area contributed by atoms with Crippen LogP contribution < -0.4 is 0 Å². The first kappa shape index (κ1) is 9.25. The maximum atomic E-state index is 11.4. The van der Waals surface area contributed by atoms with Crippen LogP contribution in [0.15, 0.2) is 18.2 Å². The number of hydrogen-bond acceptors (Lipinski definition) is 2. The Morgan fingerprint density at radius 3 is 2.86 bits per heavy atom. The molecule has 1 aliphatic rings. The van der Waals surface area contributed by atoms with Gasteiger partial charge in [0.25, 0.3) is 0 Å². The molecule has 1 unspecified atom stereocenters. The molecule has 0 aromatic heterocycles. The summed E-state index contributed by atoms with van der Waals surface area (Å²) in [6.07, 6.45) is 1.68. The van der Waals surface area contributed by atoms with Crippen molar-refractivity contribution in [2.24, 2.45) is 5.92 Å². The summed E-state index contributed by atoms with van der Waals surface area (Å²) in [6, 6.07) is 6.25. The smallest absolute Gasteiger partial charge is 0.309 e. The highest BCUT2D eigenvalue weighted by Crippen LogP contribution is 2.29. The number of carbonyl (C=O) groups is 1. The van der Waals surface area contributed by atoms with E-state index < -0.39 is 0 Å². The summed E-state index contributed by atoms with van der Waals surface area (Å²) in [4.78, 5) is 11.4. The van der Waals surface area contributed by atoms with Gasteiger partial charge in [-0.3, -0.25) is 4.79 Å². The van der Waals surface area contributed by atoms with Crippen LogP contribution in [0.3, 0.4) is 0 Å². The van der Waals surface area contributed by atoms with Crippen LogP contribution in [0.5, 0.6) is 0 Å². The third-order valence-electron chi connectivity index (χ3n) is 2.96. The summed E-state index contributed by atoms with van der Waals surface area (Å²) < 4.78 is 4.77. The molecular weight excluding hydrogens is 176 g/mol. The number of ether oxygens (including phenoxy) is 1. The molecule has 0 fully saturated rings. The number of esters is 1. The van der Waals surface area contributed by atoms with Gasteiger partial charge < -0.3 is 4.74 Å². The lowest BCUT2D eigenvalue weighted by Crippen LogP contribution is -2.16. The van der Waals surface area contributed by atoms with E-state index in [0.717, 1.165) is 12.8 Å². The van der Waals surface area contributed by atoms with Crippen molar-refractivity contribution < 1.29 is 9.53 Å². The molecule has 0 saturated carbocycles. The van der Waals surface area contributed by atoms with Crippen molar-refractivity contribution in [3.8, 4) is 0 Å². The lowest BCUT2D eigenvalue weighted by Gasteiger charge is -2.04. The monoisotopic (exact) mass is 190 g/mol. The van der Waals surface area contributed by atoms with Gasteiger partial charge in [0, 0.05) is 0 Å². The van der Waals surface area contributed by atoms with E-state index >= 15 is 0 Å². The van der Waals surface area contributed by atoms with E-state index in [2.05, 4.69) is 19.1 Å². The standard InChI is InChI=1S/C12H14O2/c1-8-4-3-5-9-6-10(7-11(8)9)12(13)14-2/h3-5,10H,6-7H2,1-2H3. The highest BCUT2D eigenvalue weighted by atomic mass is 16.5. The average molecular weight is 190 g/mol. The van der Waals surface area contributed by atoms with Gasteiger partial charge in [0.05, 0.1) is 13.0 Å². The quantitative estimate of drug-likeness (QED) is 0.632. The van der Waals surface area contributed by atoms with E-state index in [1.54, 1.807) is 0 Å². The Morgan fingerprint density at radius 2 is 2.21 bits per heavy atom. The summed E-state index contributed by atoms with van der Waals surface area (Å²) in [7, 11) is 1.46. The van der Waals surface area contributed by atoms with Gasteiger partial charge in [0.1, 0.15) is 0 Å². The van der Waals surface area contributed by atoms with Crippen LogP contribution >= 0.6 is 0 Å². The fourth-order valence-corrected chi connectivity index (χ4v) is 2.16. The topological polar surface area (TPSA) is 26.3 Å². The van der Waals surface area contributed by atoms with E-state index in [0.29, 0.717) is 0 Å². The van der Waals surface area contributed by atoms with Crippen LogP contribution in [0, 0.1) is 12.8 Å². The zero-order valence-corrected chi connectivity index (χ0v) is 8.54. The summed E-state index contributed by atoms with van der Waals surface area (Å²) in [5.74, 6) is -0.0447. The predicted octanol–water partition coefficient (Wildman–Crippen LogP) is 1.88. The molecule has 2 nitrogen and oxygen atoms in total. The molecule has 0 N–H and O–H groups in total. The Morgan fingerprint density at radius 1 is 1.43 bits per heavy atom. The molecule has 0 heterocycles. The number of methoxy groups -OCH3 is 1. The van der Waals surface area contributed by atoms with Crippen LogP contribution in [0.2, 0.25) is 0 Å². The van der Waals surface area contributed by atoms with Gasteiger partial charge in [-0.2, -0.15) is 0 Å². The second-order valence-electron chi connectivity index (χ2n) is 3.84. The van der Waals surface area contributed by atoms with E-state index in [-0.39, 0.29) is 11.9 Å². The highest BCUT2D eigenvalue weighted by Gasteiger charge is 2.28. The van der Waals surface area contributed by atoms with Gasteiger partial charge in [0.2, 0.25) is 0 Å². The largest absolute Gasteiger partial charge is 0.469 e. The third-order valence-corrected chi connectivity index (χ3v) is 2.96. The SMILES string of the molecule is COC(=O)C1Cc2cccc(C)c2C1. The summed E-state index contributed by atoms with van der Waals surface area (Å²) in [6.45, 7) is 2.10. The second kappa shape index (κ2) is 3.45. The van der Waals surface area contributed by atoms with Crippen molar-refractivity contribution in [2.45, 2.75) is 19.8 Å². The molecule has 0 saturated heterocycles. The molecule has 2 heteroatoms. The Kier molecular flexibility index (Phi) is 2.28. The van der Waals surface area contributed by atoms with Crippen molar-refractivity contribution in [3.63, 3.8) is 0 Å². The van der Waals surface area contributed by atoms with Crippen molar-refractivity contribution >= 4 is 5.97 Å². The van der Waals surface area contributed by atoms with Crippen LogP contribution in [0.1, 0.15) is 16.7 Å². The Balaban J connectivity index is 2.26. The van der Waals surface area contributed by atoms with Gasteiger partial charge in [-0.15, -0.1) is 0 Å². The van der Waals surface area contributed by atoms with Gasteiger partial charge in [-0.25, -0.2) is 0 Å². The van der Waals surface area contributed by atoms with Crippen molar-refractivity contribution in [1.82, 2.24) is 0 Å². The number of hydrogen-bond donors (Lipinski definition) is 0. The first-order valence-electron chi connectivity index (χ1n) is 4.87. The van der Waals surface area contributed by atoms with E-state index in [1.165, 1.54) is 23.8 Å². The normalized spacial score (nSPS) is 19.1.